The monoisotopic (exact) mass is 418 g/mol. The van der Waals surface area contributed by atoms with Crippen LogP contribution in [-0.2, 0) is 10.0 Å². The highest BCUT2D eigenvalue weighted by Gasteiger charge is 2.18. The van der Waals surface area contributed by atoms with Crippen LogP contribution in [0.15, 0.2) is 42.7 Å². The van der Waals surface area contributed by atoms with Gasteiger partial charge in [-0.05, 0) is 31.2 Å². The van der Waals surface area contributed by atoms with Gasteiger partial charge in [-0.25, -0.2) is 18.4 Å². The van der Waals surface area contributed by atoms with Gasteiger partial charge in [0.15, 0.2) is 0 Å². The van der Waals surface area contributed by atoms with Crippen LogP contribution in [0.4, 0.5) is 11.6 Å². The van der Waals surface area contributed by atoms with Gasteiger partial charge >= 0.3 is 0 Å². The summed E-state index contributed by atoms with van der Waals surface area (Å²) >= 11 is 0. The van der Waals surface area contributed by atoms with E-state index in [0.29, 0.717) is 12.1 Å². The van der Waals surface area contributed by atoms with Crippen LogP contribution in [0.2, 0.25) is 0 Å². The number of sulfonamides is 1. The second-order valence-electron chi connectivity index (χ2n) is 6.91. The number of benzene rings is 1. The molecule has 0 saturated carbocycles. The molecule has 0 radical (unpaired) electrons. The molecule has 0 unspecified atom stereocenters. The lowest BCUT2D eigenvalue weighted by atomic mass is 10.1. The number of nitrogens with one attached hydrogen (secondary N) is 2. The lowest BCUT2D eigenvalue weighted by molar-refractivity contribution is 0.0952. The second-order valence-corrected chi connectivity index (χ2v) is 8.66. The average molecular weight is 419 g/mol. The minimum atomic E-state index is -3.45. The normalized spacial score (nSPS) is 15.1. The van der Waals surface area contributed by atoms with Gasteiger partial charge in [0.2, 0.25) is 16.0 Å². The third-order valence-corrected chi connectivity index (χ3v) is 5.20. The van der Waals surface area contributed by atoms with Crippen molar-refractivity contribution in [2.75, 3.05) is 55.1 Å². The topological polar surface area (TPSA) is 108 Å². The fraction of sp³-hybridized carbons (Fsp3) is 0.421. The van der Waals surface area contributed by atoms with Gasteiger partial charge in [-0.2, -0.15) is 0 Å². The Bertz CT molecular complexity index is 915. The molecule has 2 heterocycles. The summed E-state index contributed by atoms with van der Waals surface area (Å²) in [6.45, 7) is 5.00. The van der Waals surface area contributed by atoms with Crippen LogP contribution in [0.3, 0.4) is 0 Å². The first-order chi connectivity index (χ1) is 13.9. The second kappa shape index (κ2) is 9.66. The predicted octanol–water partition coefficient (Wildman–Crippen LogP) is 0.790. The maximum Gasteiger partial charge on any atom is 0.253 e. The van der Waals surface area contributed by atoms with Gasteiger partial charge in [0.1, 0.15) is 0 Å². The van der Waals surface area contributed by atoms with Crippen LogP contribution in [-0.4, -0.2) is 74.7 Å². The van der Waals surface area contributed by atoms with E-state index in [4.69, 9.17) is 0 Å². The summed E-state index contributed by atoms with van der Waals surface area (Å²) in [4.78, 5) is 25.5. The van der Waals surface area contributed by atoms with Crippen molar-refractivity contribution >= 4 is 27.6 Å². The molecule has 2 aromatic rings. The number of hydrogen-bond donors (Lipinski definition) is 2. The molecule has 1 aliphatic heterocycles. The van der Waals surface area contributed by atoms with Gasteiger partial charge in [-0.3, -0.25) is 14.4 Å². The summed E-state index contributed by atoms with van der Waals surface area (Å²) < 4.78 is 25.3. The number of rotatable bonds is 8. The largest absolute Gasteiger partial charge is 0.352 e. The average Bonchev–Trinajstić information content (AvgIpc) is 2.71. The quantitative estimate of drug-likeness (QED) is 0.610. The summed E-state index contributed by atoms with van der Waals surface area (Å²) in [5.74, 6) is 0.476. The number of carbonyl (C=O) groups excluding carboxylic acids is 1. The van der Waals surface area contributed by atoms with Crippen molar-refractivity contribution < 1.29 is 13.2 Å². The molecular weight excluding hydrogens is 392 g/mol. The number of anilines is 2. The molecule has 1 aromatic carbocycles. The minimum Gasteiger partial charge on any atom is -0.352 e. The molecule has 0 spiro atoms. The van der Waals surface area contributed by atoms with E-state index in [1.54, 1.807) is 36.7 Å². The predicted molar refractivity (Wildman–Crippen MR) is 113 cm³/mol. The number of para-hydroxylation sites is 1. The van der Waals surface area contributed by atoms with E-state index >= 15 is 0 Å². The molecule has 1 aliphatic rings. The zero-order valence-corrected chi connectivity index (χ0v) is 17.2. The molecule has 10 heteroatoms. The number of piperazine rings is 1. The molecule has 1 amide bonds. The first-order valence-electron chi connectivity index (χ1n) is 9.52. The zero-order valence-electron chi connectivity index (χ0n) is 16.4. The molecule has 0 aliphatic carbocycles. The van der Waals surface area contributed by atoms with Crippen molar-refractivity contribution in [1.82, 2.24) is 20.2 Å². The van der Waals surface area contributed by atoms with Crippen LogP contribution in [0.5, 0.6) is 0 Å². The van der Waals surface area contributed by atoms with Gasteiger partial charge in [-0.1, -0.05) is 12.1 Å². The number of nitrogens with zero attached hydrogens (tertiary/aromatic N) is 4. The summed E-state index contributed by atoms with van der Waals surface area (Å²) in [6, 6.07) is 8.38. The van der Waals surface area contributed by atoms with E-state index in [1.165, 1.54) is 0 Å². The Morgan fingerprint density at radius 3 is 2.45 bits per heavy atom. The van der Waals surface area contributed by atoms with E-state index < -0.39 is 10.0 Å². The highest BCUT2D eigenvalue weighted by Crippen LogP contribution is 2.16. The van der Waals surface area contributed by atoms with Gasteiger partial charge < -0.3 is 10.2 Å². The first kappa shape index (κ1) is 21.0. The lowest BCUT2D eigenvalue weighted by Gasteiger charge is -2.34. The Hall–Kier alpha value is -2.72. The fourth-order valence-corrected chi connectivity index (χ4v) is 3.77. The summed E-state index contributed by atoms with van der Waals surface area (Å²) in [5.41, 5.74) is 0.598. The smallest absolute Gasteiger partial charge is 0.253 e. The molecule has 0 bridgehead atoms. The Morgan fingerprint density at radius 2 is 1.76 bits per heavy atom. The van der Waals surface area contributed by atoms with E-state index in [1.807, 2.05) is 6.07 Å². The summed E-state index contributed by atoms with van der Waals surface area (Å²) in [7, 11) is -3.45. The highest BCUT2D eigenvalue weighted by molar-refractivity contribution is 7.92. The maximum absolute atomic E-state index is 12.4. The molecular formula is C19H26N6O3S. The van der Waals surface area contributed by atoms with Gasteiger partial charge in [-0.15, -0.1) is 0 Å². The van der Waals surface area contributed by atoms with Crippen molar-refractivity contribution in [3.63, 3.8) is 0 Å². The van der Waals surface area contributed by atoms with E-state index in [9.17, 15) is 13.2 Å². The molecule has 2 N–H and O–H groups in total. The standard InChI is InChI=1S/C19H26N6O3S/c1-29(27,28)23-17-7-3-2-6-16(17)18(26)20-10-5-11-24-12-14-25(15-13-24)19-21-8-4-9-22-19/h2-4,6-9,23H,5,10-15H2,1H3,(H,20,26). The summed E-state index contributed by atoms with van der Waals surface area (Å²) in [6.07, 6.45) is 5.38. The van der Waals surface area contributed by atoms with Gasteiger partial charge in [0.25, 0.3) is 5.91 Å². The Labute approximate surface area is 171 Å². The van der Waals surface area contributed by atoms with Crippen molar-refractivity contribution in [3.8, 4) is 0 Å². The maximum atomic E-state index is 12.4. The number of amides is 1. The number of aromatic nitrogens is 2. The molecule has 1 aromatic heterocycles. The van der Waals surface area contributed by atoms with Crippen LogP contribution in [0.1, 0.15) is 16.8 Å². The number of hydrogen-bond acceptors (Lipinski definition) is 7. The molecule has 0 atom stereocenters. The van der Waals surface area contributed by atoms with Crippen molar-refractivity contribution in [2.24, 2.45) is 0 Å². The molecule has 156 valence electrons. The SMILES string of the molecule is CS(=O)(=O)Nc1ccccc1C(=O)NCCCN1CCN(c2ncccn2)CC1. The number of carbonyl (C=O) groups is 1. The Balaban J connectivity index is 1.41. The van der Waals surface area contributed by atoms with Crippen LogP contribution in [0.25, 0.3) is 0 Å². The van der Waals surface area contributed by atoms with Crippen LogP contribution < -0.4 is 14.9 Å². The third kappa shape index (κ3) is 6.40. The molecule has 9 nitrogen and oxygen atoms in total. The van der Waals surface area contributed by atoms with Crippen LogP contribution in [0, 0.1) is 0 Å². The molecule has 3 rings (SSSR count). The Morgan fingerprint density at radius 1 is 1.07 bits per heavy atom. The minimum absolute atomic E-state index is 0.284. The van der Waals surface area contributed by atoms with Crippen molar-refractivity contribution in [1.29, 1.82) is 0 Å². The first-order valence-corrected chi connectivity index (χ1v) is 11.4. The van der Waals surface area contributed by atoms with Crippen molar-refractivity contribution in [3.05, 3.63) is 48.3 Å². The highest BCUT2D eigenvalue weighted by atomic mass is 32.2. The molecule has 1 fully saturated rings. The van der Waals surface area contributed by atoms with Gasteiger partial charge in [0.05, 0.1) is 17.5 Å². The van der Waals surface area contributed by atoms with E-state index in [2.05, 4.69) is 29.8 Å². The van der Waals surface area contributed by atoms with Crippen molar-refractivity contribution in [2.45, 2.75) is 6.42 Å². The van der Waals surface area contributed by atoms with Gasteiger partial charge in [0, 0.05) is 45.1 Å². The lowest BCUT2D eigenvalue weighted by Crippen LogP contribution is -2.47. The third-order valence-electron chi connectivity index (χ3n) is 4.61. The van der Waals surface area contributed by atoms with Crippen LogP contribution >= 0.6 is 0 Å². The van der Waals surface area contributed by atoms with E-state index in [0.717, 1.165) is 51.3 Å². The molecule has 29 heavy (non-hydrogen) atoms. The fourth-order valence-electron chi connectivity index (χ4n) is 3.20. The van der Waals surface area contributed by atoms with E-state index in [-0.39, 0.29) is 11.6 Å². The molecule has 1 saturated heterocycles. The zero-order chi connectivity index (χ0) is 20.7. The Kier molecular flexibility index (Phi) is 6.99. The summed E-state index contributed by atoms with van der Waals surface area (Å²) in [5, 5.41) is 2.87.